The first-order chi connectivity index (χ1) is 9.70. The van der Waals surface area contributed by atoms with E-state index in [0.29, 0.717) is 12.0 Å². The Kier molecular flexibility index (Phi) is 3.95. The number of aryl methyl sites for hydroxylation is 3. The summed E-state index contributed by atoms with van der Waals surface area (Å²) in [4.78, 5) is 2.94. The Morgan fingerprint density at radius 2 is 2.05 bits per heavy atom. The molecule has 1 aromatic heterocycles. The fourth-order valence-corrected chi connectivity index (χ4v) is 4.83. The molecule has 0 radical (unpaired) electrons. The minimum absolute atomic E-state index is 0.454. The average molecular weight is 285 g/mol. The van der Waals surface area contributed by atoms with Crippen LogP contribution in [0, 0.1) is 13.8 Å². The molecule has 2 unspecified atom stereocenters. The van der Waals surface area contributed by atoms with Gasteiger partial charge in [0.25, 0.3) is 0 Å². The molecule has 0 spiro atoms. The predicted molar refractivity (Wildman–Crippen MR) is 87.7 cm³/mol. The van der Waals surface area contributed by atoms with E-state index in [2.05, 4.69) is 56.5 Å². The highest BCUT2D eigenvalue weighted by molar-refractivity contribution is 7.12. The lowest BCUT2D eigenvalue weighted by Crippen LogP contribution is -2.26. The molecule has 1 aliphatic carbocycles. The zero-order valence-electron chi connectivity index (χ0n) is 12.6. The van der Waals surface area contributed by atoms with E-state index in [-0.39, 0.29) is 0 Å². The molecule has 0 bridgehead atoms. The number of fused-ring (bicyclic) bond motifs is 1. The highest BCUT2D eigenvalue weighted by Gasteiger charge is 2.29. The van der Waals surface area contributed by atoms with Gasteiger partial charge in [0.1, 0.15) is 0 Å². The molecule has 2 aromatic rings. The molecule has 1 N–H and O–H groups in total. The fraction of sp³-hybridized carbons (Fsp3) is 0.444. The maximum atomic E-state index is 3.59. The molecule has 1 aliphatic rings. The topological polar surface area (TPSA) is 12.0 Å². The van der Waals surface area contributed by atoms with Crippen molar-refractivity contribution < 1.29 is 0 Å². The fourth-order valence-electron chi connectivity index (χ4n) is 3.62. The van der Waals surface area contributed by atoms with Crippen molar-refractivity contribution in [3.05, 3.63) is 56.8 Å². The van der Waals surface area contributed by atoms with Crippen LogP contribution in [0.2, 0.25) is 0 Å². The number of thiophene rings is 1. The minimum Gasteiger partial charge on any atom is -0.312 e. The van der Waals surface area contributed by atoms with Crippen molar-refractivity contribution in [2.24, 2.45) is 0 Å². The van der Waals surface area contributed by atoms with Crippen LogP contribution in [0.5, 0.6) is 0 Å². The van der Waals surface area contributed by atoms with Crippen molar-refractivity contribution in [1.82, 2.24) is 5.32 Å². The molecular formula is C18H23NS. The van der Waals surface area contributed by atoms with Crippen molar-refractivity contribution >= 4 is 11.3 Å². The van der Waals surface area contributed by atoms with Crippen LogP contribution >= 0.6 is 11.3 Å². The van der Waals surface area contributed by atoms with Crippen molar-refractivity contribution in [3.8, 4) is 0 Å². The summed E-state index contributed by atoms with van der Waals surface area (Å²) in [5.41, 5.74) is 4.55. The van der Waals surface area contributed by atoms with E-state index in [9.17, 15) is 0 Å². The third-order valence-electron chi connectivity index (χ3n) is 4.49. The van der Waals surface area contributed by atoms with Crippen molar-refractivity contribution in [2.75, 3.05) is 7.05 Å². The van der Waals surface area contributed by atoms with Gasteiger partial charge in [-0.15, -0.1) is 11.3 Å². The van der Waals surface area contributed by atoms with Crippen LogP contribution in [-0.4, -0.2) is 7.05 Å². The van der Waals surface area contributed by atoms with Gasteiger partial charge < -0.3 is 5.32 Å². The van der Waals surface area contributed by atoms with Gasteiger partial charge in [-0.25, -0.2) is 0 Å². The van der Waals surface area contributed by atoms with Crippen LogP contribution in [0.3, 0.4) is 0 Å². The van der Waals surface area contributed by atoms with E-state index in [4.69, 9.17) is 0 Å². The Bertz CT molecular complexity index is 599. The third kappa shape index (κ3) is 2.43. The standard InChI is InChI=1S/C18H23NS/c1-12-11-13(2)20-18(12)17(19-3)16-10-6-8-14-7-4-5-9-15(14)16/h4-5,7,9,11,16-17,19H,6,8,10H2,1-3H3. The zero-order valence-corrected chi connectivity index (χ0v) is 13.4. The molecule has 0 aliphatic heterocycles. The van der Waals surface area contributed by atoms with E-state index < -0.39 is 0 Å². The molecule has 0 saturated heterocycles. The summed E-state index contributed by atoms with van der Waals surface area (Å²) in [6.07, 6.45) is 3.84. The van der Waals surface area contributed by atoms with Crippen LogP contribution in [0.15, 0.2) is 30.3 Å². The Labute approximate surface area is 126 Å². The number of hydrogen-bond acceptors (Lipinski definition) is 2. The van der Waals surface area contributed by atoms with E-state index in [1.807, 2.05) is 11.3 Å². The molecule has 0 amide bonds. The smallest absolute Gasteiger partial charge is 0.0484 e. The van der Waals surface area contributed by atoms with Gasteiger partial charge in [-0.2, -0.15) is 0 Å². The number of benzene rings is 1. The molecule has 0 saturated carbocycles. The van der Waals surface area contributed by atoms with E-state index >= 15 is 0 Å². The van der Waals surface area contributed by atoms with Gasteiger partial charge in [0.2, 0.25) is 0 Å². The number of nitrogens with one attached hydrogen (secondary N) is 1. The summed E-state index contributed by atoms with van der Waals surface area (Å²) in [7, 11) is 2.11. The van der Waals surface area contributed by atoms with Gasteiger partial charge in [-0.3, -0.25) is 0 Å². The minimum atomic E-state index is 0.454. The SMILES string of the molecule is CNC(c1sc(C)cc1C)C1CCCc2ccccc21. The lowest BCUT2D eigenvalue weighted by atomic mass is 9.78. The first-order valence-electron chi connectivity index (χ1n) is 7.52. The summed E-state index contributed by atoms with van der Waals surface area (Å²) < 4.78 is 0. The van der Waals surface area contributed by atoms with Crippen molar-refractivity contribution in [2.45, 2.75) is 45.1 Å². The molecule has 1 aromatic carbocycles. The Balaban J connectivity index is 2.01. The van der Waals surface area contributed by atoms with Gasteiger partial charge >= 0.3 is 0 Å². The number of rotatable bonds is 3. The summed E-state index contributed by atoms with van der Waals surface area (Å²) in [5.74, 6) is 0.613. The molecule has 2 atom stereocenters. The van der Waals surface area contributed by atoms with Crippen LogP contribution < -0.4 is 5.32 Å². The molecular weight excluding hydrogens is 262 g/mol. The van der Waals surface area contributed by atoms with E-state index in [0.717, 1.165) is 0 Å². The van der Waals surface area contributed by atoms with Crippen molar-refractivity contribution in [1.29, 1.82) is 0 Å². The lowest BCUT2D eigenvalue weighted by molar-refractivity contribution is 0.429. The summed E-state index contributed by atoms with van der Waals surface area (Å²) in [5, 5.41) is 3.59. The average Bonchev–Trinajstić information content (AvgIpc) is 2.79. The van der Waals surface area contributed by atoms with Gasteiger partial charge in [0, 0.05) is 21.7 Å². The third-order valence-corrected chi connectivity index (χ3v) is 5.73. The monoisotopic (exact) mass is 285 g/mol. The maximum Gasteiger partial charge on any atom is 0.0484 e. The molecule has 2 heteroatoms. The van der Waals surface area contributed by atoms with Gasteiger partial charge in [0.05, 0.1) is 0 Å². The van der Waals surface area contributed by atoms with Crippen LogP contribution in [-0.2, 0) is 6.42 Å². The van der Waals surface area contributed by atoms with E-state index in [1.165, 1.54) is 34.6 Å². The Morgan fingerprint density at radius 1 is 1.25 bits per heavy atom. The van der Waals surface area contributed by atoms with Gasteiger partial charge in [0.15, 0.2) is 0 Å². The van der Waals surface area contributed by atoms with Crippen LogP contribution in [0.4, 0.5) is 0 Å². The summed E-state index contributed by atoms with van der Waals surface area (Å²) >= 11 is 1.95. The van der Waals surface area contributed by atoms with Gasteiger partial charge in [-0.05, 0) is 62.9 Å². The van der Waals surface area contributed by atoms with E-state index in [1.54, 1.807) is 11.1 Å². The highest BCUT2D eigenvalue weighted by Crippen LogP contribution is 2.43. The van der Waals surface area contributed by atoms with Crippen LogP contribution in [0.1, 0.15) is 51.2 Å². The molecule has 1 nitrogen and oxygen atoms in total. The Morgan fingerprint density at radius 3 is 2.75 bits per heavy atom. The normalized spacial score (nSPS) is 19.6. The second-order valence-corrected chi connectivity index (χ2v) is 7.16. The molecule has 20 heavy (non-hydrogen) atoms. The maximum absolute atomic E-state index is 3.59. The highest BCUT2D eigenvalue weighted by atomic mass is 32.1. The molecule has 106 valence electrons. The molecule has 1 heterocycles. The predicted octanol–water partition coefficient (Wildman–Crippen LogP) is 4.75. The second kappa shape index (κ2) is 5.71. The largest absolute Gasteiger partial charge is 0.312 e. The zero-order chi connectivity index (χ0) is 14.1. The molecule has 3 rings (SSSR count). The van der Waals surface area contributed by atoms with Crippen LogP contribution in [0.25, 0.3) is 0 Å². The lowest BCUT2D eigenvalue weighted by Gasteiger charge is -2.32. The summed E-state index contributed by atoms with van der Waals surface area (Å²) in [6, 6.07) is 11.8. The number of hydrogen-bond donors (Lipinski definition) is 1. The quantitative estimate of drug-likeness (QED) is 0.858. The van der Waals surface area contributed by atoms with Crippen molar-refractivity contribution in [3.63, 3.8) is 0 Å². The first kappa shape index (κ1) is 13.8. The second-order valence-electron chi connectivity index (χ2n) is 5.87. The summed E-state index contributed by atoms with van der Waals surface area (Å²) in [6.45, 7) is 4.46. The molecule has 0 fully saturated rings. The first-order valence-corrected chi connectivity index (χ1v) is 8.34. The Hall–Kier alpha value is -1.12. The van der Waals surface area contributed by atoms with Gasteiger partial charge in [-0.1, -0.05) is 24.3 Å². The number of likely N-dealkylation sites (N-methyl/N-ethyl adjacent to an activating group) is 1.